The third-order valence-electron chi connectivity index (χ3n) is 3.09. The number of hydrogen-bond acceptors (Lipinski definition) is 2. The molecule has 1 N–H and O–H groups in total. The van der Waals surface area contributed by atoms with Gasteiger partial charge in [0.05, 0.1) is 0 Å². The summed E-state index contributed by atoms with van der Waals surface area (Å²) in [4.78, 5) is 23.6. The number of unbranched alkanes of at least 4 members (excludes halogenated alkanes) is 2. The van der Waals surface area contributed by atoms with Gasteiger partial charge in [0.15, 0.2) is 0 Å². The molecule has 0 fully saturated rings. The molecular weight excluding hydrogens is 249 g/mol. The molecule has 0 aromatic heterocycles. The number of carbonyl (C=O) groups is 2. The average Bonchev–Trinajstić information content (AvgIpc) is 2.37. The lowest BCUT2D eigenvalue weighted by atomic mass is 10.1. The summed E-state index contributed by atoms with van der Waals surface area (Å²) in [5, 5.41) is 8.65. The second-order valence-corrected chi connectivity index (χ2v) is 4.79. The fourth-order valence-corrected chi connectivity index (χ4v) is 1.91. The number of hydrogen-bond donors (Lipinski definition) is 1. The molecule has 19 heavy (non-hydrogen) atoms. The van der Waals surface area contributed by atoms with Crippen LogP contribution in [0.4, 0.5) is 4.39 Å². The number of halogens is 1. The lowest BCUT2D eigenvalue weighted by Gasteiger charge is -2.18. The first-order valence-electron chi connectivity index (χ1n) is 7.14. The van der Waals surface area contributed by atoms with E-state index in [0.29, 0.717) is 38.6 Å². The van der Waals surface area contributed by atoms with Gasteiger partial charge >= 0.3 is 5.97 Å². The first kappa shape index (κ1) is 17.9. The number of nitrogens with zero attached hydrogens (tertiary/aromatic N) is 1. The molecule has 112 valence electrons. The summed E-state index contributed by atoms with van der Waals surface area (Å²) in [7, 11) is 0. The van der Waals surface area contributed by atoms with E-state index in [1.807, 2.05) is 6.92 Å². The number of alkyl halides is 1. The Kier molecular flexibility index (Phi) is 10.1. The molecule has 0 saturated carbocycles. The Bertz CT molecular complexity index is 271. The highest BCUT2D eigenvalue weighted by atomic mass is 19.1. The lowest BCUT2D eigenvalue weighted by molar-refractivity contribution is -0.144. The molecule has 0 saturated heterocycles. The number of carboxylic acid groups (broad SMARTS) is 1. The minimum Gasteiger partial charge on any atom is -0.480 e. The van der Waals surface area contributed by atoms with Crippen molar-refractivity contribution in [3.8, 4) is 0 Å². The molecule has 1 atom stereocenters. The molecule has 0 aromatic rings. The molecule has 1 amide bonds. The molecule has 0 aliphatic heterocycles. The average molecular weight is 275 g/mol. The van der Waals surface area contributed by atoms with Crippen molar-refractivity contribution in [1.29, 1.82) is 0 Å². The monoisotopic (exact) mass is 275 g/mol. The SMILES string of the molecule is CCCCC(F)CCCCC(=O)N(CC)CC(=O)O. The van der Waals surface area contributed by atoms with Gasteiger partial charge < -0.3 is 10.0 Å². The molecule has 0 rings (SSSR count). The number of carboxylic acids is 1. The second-order valence-electron chi connectivity index (χ2n) is 4.79. The zero-order chi connectivity index (χ0) is 14.7. The van der Waals surface area contributed by atoms with Gasteiger partial charge in [-0.25, -0.2) is 4.39 Å². The van der Waals surface area contributed by atoms with Crippen LogP contribution in [0.3, 0.4) is 0 Å². The molecule has 5 heteroatoms. The van der Waals surface area contributed by atoms with Gasteiger partial charge in [0.25, 0.3) is 0 Å². The van der Waals surface area contributed by atoms with E-state index < -0.39 is 12.1 Å². The third-order valence-corrected chi connectivity index (χ3v) is 3.09. The topological polar surface area (TPSA) is 57.6 Å². The van der Waals surface area contributed by atoms with Crippen molar-refractivity contribution in [3.63, 3.8) is 0 Å². The first-order valence-corrected chi connectivity index (χ1v) is 7.14. The summed E-state index contributed by atoms with van der Waals surface area (Å²) in [6.45, 7) is 3.93. The Morgan fingerprint density at radius 3 is 2.32 bits per heavy atom. The summed E-state index contributed by atoms with van der Waals surface area (Å²) in [5.74, 6) is -1.16. The maximum Gasteiger partial charge on any atom is 0.323 e. The maximum absolute atomic E-state index is 13.3. The molecule has 0 aromatic carbocycles. The number of carbonyl (C=O) groups excluding carboxylic acids is 1. The molecule has 0 radical (unpaired) electrons. The lowest BCUT2D eigenvalue weighted by Crippen LogP contribution is -2.35. The van der Waals surface area contributed by atoms with Crippen LogP contribution in [0.15, 0.2) is 0 Å². The molecule has 0 heterocycles. The van der Waals surface area contributed by atoms with Crippen molar-refractivity contribution < 1.29 is 19.1 Å². The van der Waals surface area contributed by atoms with E-state index in [1.54, 1.807) is 6.92 Å². The van der Waals surface area contributed by atoms with Crippen molar-refractivity contribution in [2.75, 3.05) is 13.1 Å². The maximum atomic E-state index is 13.3. The third kappa shape index (κ3) is 9.45. The van der Waals surface area contributed by atoms with Crippen LogP contribution < -0.4 is 0 Å². The van der Waals surface area contributed by atoms with Crippen molar-refractivity contribution in [3.05, 3.63) is 0 Å². The van der Waals surface area contributed by atoms with Crippen LogP contribution in [0.25, 0.3) is 0 Å². The number of amides is 1. The Morgan fingerprint density at radius 1 is 1.16 bits per heavy atom. The molecule has 1 unspecified atom stereocenters. The fraction of sp³-hybridized carbons (Fsp3) is 0.857. The summed E-state index contributed by atoms with van der Waals surface area (Å²) < 4.78 is 13.3. The molecular formula is C14H26FNO3. The minimum atomic E-state index is -1.00. The van der Waals surface area contributed by atoms with Crippen LogP contribution in [0, 0.1) is 0 Å². The summed E-state index contributed by atoms with van der Waals surface area (Å²) in [5.41, 5.74) is 0. The van der Waals surface area contributed by atoms with Gasteiger partial charge in [-0.15, -0.1) is 0 Å². The second kappa shape index (κ2) is 10.8. The number of likely N-dealkylation sites (N-methyl/N-ethyl adjacent to an activating group) is 1. The molecule has 0 aliphatic carbocycles. The zero-order valence-corrected chi connectivity index (χ0v) is 12.0. The van der Waals surface area contributed by atoms with Crippen molar-refractivity contribution in [2.24, 2.45) is 0 Å². The summed E-state index contributed by atoms with van der Waals surface area (Å²) in [6, 6.07) is 0. The molecule has 0 spiro atoms. The van der Waals surface area contributed by atoms with Crippen LogP contribution in [-0.2, 0) is 9.59 Å². The van der Waals surface area contributed by atoms with E-state index in [9.17, 15) is 14.0 Å². The largest absolute Gasteiger partial charge is 0.480 e. The zero-order valence-electron chi connectivity index (χ0n) is 12.0. The Morgan fingerprint density at radius 2 is 1.79 bits per heavy atom. The van der Waals surface area contributed by atoms with E-state index in [2.05, 4.69) is 0 Å². The fourth-order valence-electron chi connectivity index (χ4n) is 1.91. The van der Waals surface area contributed by atoms with Gasteiger partial charge in [-0.2, -0.15) is 0 Å². The van der Waals surface area contributed by atoms with Gasteiger partial charge in [-0.1, -0.05) is 26.2 Å². The molecule has 0 bridgehead atoms. The van der Waals surface area contributed by atoms with Gasteiger partial charge in [0.1, 0.15) is 12.7 Å². The van der Waals surface area contributed by atoms with Crippen molar-refractivity contribution in [2.45, 2.75) is 65.0 Å². The highest BCUT2D eigenvalue weighted by Crippen LogP contribution is 2.13. The quantitative estimate of drug-likeness (QED) is 0.590. The van der Waals surface area contributed by atoms with Crippen LogP contribution in [0.2, 0.25) is 0 Å². The van der Waals surface area contributed by atoms with Gasteiger partial charge in [-0.05, 0) is 26.2 Å². The van der Waals surface area contributed by atoms with Crippen LogP contribution >= 0.6 is 0 Å². The van der Waals surface area contributed by atoms with E-state index in [4.69, 9.17) is 5.11 Å². The number of rotatable bonds is 11. The van der Waals surface area contributed by atoms with E-state index in [0.717, 1.165) is 12.8 Å². The Hall–Kier alpha value is -1.13. The van der Waals surface area contributed by atoms with Gasteiger partial charge in [-0.3, -0.25) is 9.59 Å². The smallest absolute Gasteiger partial charge is 0.323 e. The highest BCUT2D eigenvalue weighted by molar-refractivity contribution is 5.81. The van der Waals surface area contributed by atoms with Gasteiger partial charge in [0, 0.05) is 13.0 Å². The Labute approximate surface area is 115 Å². The highest BCUT2D eigenvalue weighted by Gasteiger charge is 2.14. The van der Waals surface area contributed by atoms with Crippen molar-refractivity contribution in [1.82, 2.24) is 4.90 Å². The molecule has 4 nitrogen and oxygen atoms in total. The van der Waals surface area contributed by atoms with Gasteiger partial charge in [0.2, 0.25) is 5.91 Å². The van der Waals surface area contributed by atoms with Crippen LogP contribution in [-0.4, -0.2) is 41.1 Å². The summed E-state index contributed by atoms with van der Waals surface area (Å²) >= 11 is 0. The Balaban J connectivity index is 3.74. The van der Waals surface area contributed by atoms with Crippen LogP contribution in [0.1, 0.15) is 58.8 Å². The standard InChI is InChI=1S/C14H26FNO3/c1-3-5-8-12(15)9-6-7-10-13(17)16(4-2)11-14(18)19/h12H,3-11H2,1-2H3,(H,18,19). The van der Waals surface area contributed by atoms with E-state index >= 15 is 0 Å². The van der Waals surface area contributed by atoms with E-state index in [-0.39, 0.29) is 12.5 Å². The summed E-state index contributed by atoms with van der Waals surface area (Å²) in [6.07, 6.45) is 3.85. The normalized spacial score (nSPS) is 12.2. The van der Waals surface area contributed by atoms with Crippen molar-refractivity contribution >= 4 is 11.9 Å². The van der Waals surface area contributed by atoms with Crippen LogP contribution in [0.5, 0.6) is 0 Å². The number of aliphatic carboxylic acids is 1. The van der Waals surface area contributed by atoms with E-state index in [1.165, 1.54) is 4.90 Å². The molecule has 0 aliphatic rings. The predicted molar refractivity (Wildman–Crippen MR) is 72.8 cm³/mol. The predicted octanol–water partition coefficient (Wildman–Crippen LogP) is 3.01. The minimum absolute atomic E-state index is 0.158. The first-order chi connectivity index (χ1) is 9.01.